The molecule has 0 fully saturated rings. The van der Waals surface area contributed by atoms with Crippen molar-refractivity contribution >= 4 is 23.2 Å². The lowest BCUT2D eigenvalue weighted by Crippen LogP contribution is -1.89. The zero-order valence-electron chi connectivity index (χ0n) is 5.14. The molecular formula is C5H4Cl2N2O. The minimum atomic E-state index is 0.225. The second-order valence-electron chi connectivity index (χ2n) is 1.49. The molecule has 1 aromatic heterocycles. The highest BCUT2D eigenvalue weighted by atomic mass is 35.5. The number of aromatic nitrogens is 2. The first-order chi connectivity index (χ1) is 4.75. The van der Waals surface area contributed by atoms with Gasteiger partial charge in [-0.05, 0) is 0 Å². The Labute approximate surface area is 68.0 Å². The number of methoxy groups -OCH3 is 1. The summed E-state index contributed by atoms with van der Waals surface area (Å²) in [4.78, 5) is 7.31. The van der Waals surface area contributed by atoms with E-state index < -0.39 is 0 Å². The van der Waals surface area contributed by atoms with Crippen LogP contribution in [0.3, 0.4) is 0 Å². The van der Waals surface area contributed by atoms with Crippen LogP contribution in [-0.2, 0) is 0 Å². The van der Waals surface area contributed by atoms with Gasteiger partial charge in [0.25, 0.3) is 0 Å². The Balaban J connectivity index is 3.17. The van der Waals surface area contributed by atoms with Gasteiger partial charge < -0.3 is 4.74 Å². The number of rotatable bonds is 1. The maximum absolute atomic E-state index is 5.57. The van der Waals surface area contributed by atoms with Gasteiger partial charge in [0, 0.05) is 0 Å². The van der Waals surface area contributed by atoms with Crippen molar-refractivity contribution in [3.63, 3.8) is 0 Å². The molecule has 1 aromatic rings. The quantitative estimate of drug-likeness (QED) is 0.619. The number of hydrogen-bond donors (Lipinski definition) is 0. The molecule has 3 nitrogen and oxygen atoms in total. The van der Waals surface area contributed by atoms with Gasteiger partial charge in [0.05, 0.1) is 7.11 Å². The van der Waals surface area contributed by atoms with Crippen LogP contribution in [0.4, 0.5) is 0 Å². The second kappa shape index (κ2) is 3.03. The summed E-state index contributed by atoms with van der Waals surface area (Å²) in [6.07, 6.45) is 1.27. The molecule has 0 aromatic carbocycles. The fourth-order valence-corrected chi connectivity index (χ4v) is 0.970. The summed E-state index contributed by atoms with van der Waals surface area (Å²) >= 11 is 11.1. The van der Waals surface area contributed by atoms with Crippen LogP contribution >= 0.6 is 23.2 Å². The summed E-state index contributed by atoms with van der Waals surface area (Å²) < 4.78 is 4.79. The summed E-state index contributed by atoms with van der Waals surface area (Å²) in [6.45, 7) is 0. The zero-order chi connectivity index (χ0) is 7.56. The Morgan fingerprint density at radius 1 is 1.30 bits per heavy atom. The SMILES string of the molecule is COc1c(Cl)n[14cH]nc1Cl. The molecule has 0 N–H and O–H groups in total. The molecule has 0 amide bonds. The van der Waals surface area contributed by atoms with E-state index in [0.717, 1.165) is 0 Å². The first-order valence-corrected chi connectivity index (χ1v) is 3.21. The molecule has 0 unspecified atom stereocenters. The lowest BCUT2D eigenvalue weighted by molar-refractivity contribution is 0.411. The van der Waals surface area contributed by atoms with Gasteiger partial charge in [0.15, 0.2) is 16.1 Å². The normalized spacial score (nSPS) is 9.50. The lowest BCUT2D eigenvalue weighted by Gasteiger charge is -2.00. The molecule has 54 valence electrons. The third-order valence-electron chi connectivity index (χ3n) is 0.921. The van der Waals surface area contributed by atoms with E-state index in [0.29, 0.717) is 5.75 Å². The second-order valence-corrected chi connectivity index (χ2v) is 2.20. The molecule has 0 aliphatic carbocycles. The van der Waals surface area contributed by atoms with Gasteiger partial charge in [-0.2, -0.15) is 0 Å². The first kappa shape index (κ1) is 7.57. The van der Waals surface area contributed by atoms with Gasteiger partial charge in [-0.15, -0.1) is 0 Å². The fraction of sp³-hybridized carbons (Fsp3) is 0.200. The van der Waals surface area contributed by atoms with Crippen molar-refractivity contribution in [1.29, 1.82) is 0 Å². The Morgan fingerprint density at radius 3 is 2.10 bits per heavy atom. The van der Waals surface area contributed by atoms with E-state index in [-0.39, 0.29) is 10.3 Å². The van der Waals surface area contributed by atoms with Gasteiger partial charge in [-0.25, -0.2) is 9.97 Å². The minimum absolute atomic E-state index is 0.225. The van der Waals surface area contributed by atoms with Crippen molar-refractivity contribution in [3.05, 3.63) is 16.6 Å². The van der Waals surface area contributed by atoms with Crippen LogP contribution in [0.25, 0.3) is 0 Å². The summed E-state index contributed by atoms with van der Waals surface area (Å²) in [5.74, 6) is 0.311. The molecule has 10 heavy (non-hydrogen) atoms. The van der Waals surface area contributed by atoms with Crippen LogP contribution < -0.4 is 4.74 Å². The summed E-state index contributed by atoms with van der Waals surface area (Å²) in [7, 11) is 1.45. The highest BCUT2D eigenvalue weighted by Crippen LogP contribution is 2.27. The zero-order valence-corrected chi connectivity index (χ0v) is 6.65. The number of nitrogens with zero attached hydrogens (tertiary/aromatic N) is 2. The van der Waals surface area contributed by atoms with Crippen LogP contribution in [0.15, 0.2) is 6.33 Å². The van der Waals surface area contributed by atoms with Crippen molar-refractivity contribution in [2.75, 3.05) is 7.11 Å². The van der Waals surface area contributed by atoms with E-state index in [4.69, 9.17) is 27.9 Å². The molecular weight excluding hydrogens is 177 g/mol. The fourth-order valence-electron chi connectivity index (χ4n) is 0.501. The minimum Gasteiger partial charge on any atom is -0.491 e. The monoisotopic (exact) mass is 180 g/mol. The van der Waals surface area contributed by atoms with Gasteiger partial charge in [-0.1, -0.05) is 23.2 Å². The number of hydrogen-bond acceptors (Lipinski definition) is 3. The highest BCUT2D eigenvalue weighted by Gasteiger charge is 2.05. The van der Waals surface area contributed by atoms with Gasteiger partial charge in [0.2, 0.25) is 0 Å². The smallest absolute Gasteiger partial charge is 0.193 e. The predicted molar refractivity (Wildman–Crippen MR) is 38.6 cm³/mol. The van der Waals surface area contributed by atoms with Crippen LogP contribution in [0.2, 0.25) is 10.3 Å². The van der Waals surface area contributed by atoms with Gasteiger partial charge in [-0.3, -0.25) is 0 Å². The van der Waals surface area contributed by atoms with Crippen molar-refractivity contribution < 1.29 is 4.74 Å². The Bertz CT molecular complexity index is 221. The average Bonchev–Trinajstić information content (AvgIpc) is 1.88. The summed E-state index contributed by atoms with van der Waals surface area (Å²) in [5.41, 5.74) is 0. The molecule has 1 heterocycles. The highest BCUT2D eigenvalue weighted by molar-refractivity contribution is 6.35. The van der Waals surface area contributed by atoms with Gasteiger partial charge >= 0.3 is 0 Å². The van der Waals surface area contributed by atoms with E-state index in [2.05, 4.69) is 9.97 Å². The third kappa shape index (κ3) is 1.30. The Morgan fingerprint density at radius 2 is 1.80 bits per heavy atom. The Hall–Kier alpha value is -0.540. The van der Waals surface area contributed by atoms with Crippen LogP contribution in [0, 0.1) is 0 Å². The van der Waals surface area contributed by atoms with E-state index in [9.17, 15) is 0 Å². The molecule has 0 radical (unpaired) electrons. The van der Waals surface area contributed by atoms with E-state index in [1.54, 1.807) is 0 Å². The van der Waals surface area contributed by atoms with Crippen molar-refractivity contribution in [2.45, 2.75) is 0 Å². The molecule has 0 spiro atoms. The van der Waals surface area contributed by atoms with E-state index >= 15 is 0 Å². The van der Waals surface area contributed by atoms with E-state index in [1.165, 1.54) is 13.4 Å². The number of halogens is 2. The van der Waals surface area contributed by atoms with Crippen molar-refractivity contribution in [3.8, 4) is 5.75 Å². The van der Waals surface area contributed by atoms with Crippen LogP contribution in [-0.4, -0.2) is 17.1 Å². The molecule has 0 bridgehead atoms. The maximum Gasteiger partial charge on any atom is 0.193 e. The molecule has 5 heteroatoms. The summed E-state index contributed by atoms with van der Waals surface area (Å²) in [6, 6.07) is 0. The number of ether oxygens (including phenoxy) is 1. The molecule has 0 aliphatic heterocycles. The first-order valence-electron chi connectivity index (χ1n) is 2.45. The molecule has 0 saturated heterocycles. The predicted octanol–water partition coefficient (Wildman–Crippen LogP) is 1.79. The topological polar surface area (TPSA) is 35.0 Å². The van der Waals surface area contributed by atoms with Crippen LogP contribution in [0.1, 0.15) is 0 Å². The maximum atomic E-state index is 5.57. The van der Waals surface area contributed by atoms with Gasteiger partial charge in [0.1, 0.15) is 6.33 Å². The third-order valence-corrected chi connectivity index (χ3v) is 1.46. The average molecular weight is 181 g/mol. The van der Waals surface area contributed by atoms with Crippen LogP contribution in [0.5, 0.6) is 5.75 Å². The molecule has 0 saturated carbocycles. The Kier molecular flexibility index (Phi) is 2.29. The van der Waals surface area contributed by atoms with Crippen molar-refractivity contribution in [2.24, 2.45) is 0 Å². The van der Waals surface area contributed by atoms with E-state index in [1.807, 2.05) is 0 Å². The lowest BCUT2D eigenvalue weighted by atomic mass is 10.6. The van der Waals surface area contributed by atoms with Crippen molar-refractivity contribution in [1.82, 2.24) is 9.97 Å². The molecule has 0 atom stereocenters. The summed E-state index contributed by atoms with van der Waals surface area (Å²) in [5, 5.41) is 0.449. The molecule has 0 aliphatic rings. The standard InChI is InChI=1S/C5H4Cl2N2O/c1-10-3-4(6)8-2-9-5(3)7/h2H,1H3/i2+2. The largest absolute Gasteiger partial charge is 0.491 e. The molecule has 1 rings (SSSR count).